The molecule has 0 unspecified atom stereocenters. The molecule has 1 aliphatic rings. The van der Waals surface area contributed by atoms with Crippen molar-refractivity contribution in [2.75, 3.05) is 11.9 Å². The van der Waals surface area contributed by atoms with E-state index in [0.29, 0.717) is 11.3 Å². The third-order valence-electron chi connectivity index (χ3n) is 5.37. The number of para-hydroxylation sites is 1. The summed E-state index contributed by atoms with van der Waals surface area (Å²) in [5, 5.41) is 9.24. The van der Waals surface area contributed by atoms with Gasteiger partial charge in [-0.1, -0.05) is 72.3 Å². The molecule has 4 rings (SSSR count). The summed E-state index contributed by atoms with van der Waals surface area (Å²) in [6.07, 6.45) is 2.04. The Balaban J connectivity index is 1.45. The van der Waals surface area contributed by atoms with Crippen LogP contribution in [0, 0.1) is 6.92 Å². The minimum Gasteiger partial charge on any atom is -0.349 e. The Labute approximate surface area is 182 Å². The molecule has 0 radical (unpaired) electrons. The molecule has 5 nitrogen and oxygen atoms in total. The molecule has 0 aliphatic heterocycles. The summed E-state index contributed by atoms with van der Waals surface area (Å²) in [5.41, 5.74) is 4.38. The summed E-state index contributed by atoms with van der Waals surface area (Å²) in [7, 11) is 0. The number of benzene rings is 3. The molecule has 1 saturated carbocycles. The Bertz CT molecular complexity index is 1040. The van der Waals surface area contributed by atoms with Crippen molar-refractivity contribution in [2.24, 2.45) is 0 Å². The number of hydrogen-bond donors (Lipinski definition) is 3. The second-order valence-electron chi connectivity index (χ2n) is 7.98. The van der Waals surface area contributed by atoms with Gasteiger partial charge in [0.05, 0.1) is 23.8 Å². The van der Waals surface area contributed by atoms with Gasteiger partial charge in [-0.05, 0) is 43.0 Å². The highest BCUT2D eigenvalue weighted by molar-refractivity contribution is 6.04. The summed E-state index contributed by atoms with van der Waals surface area (Å²) < 4.78 is 0. The van der Waals surface area contributed by atoms with Crippen LogP contribution in [-0.2, 0) is 4.79 Å². The zero-order valence-electron chi connectivity index (χ0n) is 17.6. The molecule has 31 heavy (non-hydrogen) atoms. The fraction of sp³-hybridized carbons (Fsp3) is 0.231. The van der Waals surface area contributed by atoms with Gasteiger partial charge >= 0.3 is 0 Å². The van der Waals surface area contributed by atoms with Crippen LogP contribution in [0.3, 0.4) is 0 Å². The van der Waals surface area contributed by atoms with Crippen molar-refractivity contribution in [3.8, 4) is 0 Å². The van der Waals surface area contributed by atoms with E-state index in [4.69, 9.17) is 0 Å². The molecule has 2 amide bonds. The van der Waals surface area contributed by atoms with E-state index in [-0.39, 0.29) is 30.4 Å². The van der Waals surface area contributed by atoms with Crippen LogP contribution in [-0.4, -0.2) is 24.4 Å². The molecule has 1 aliphatic carbocycles. The van der Waals surface area contributed by atoms with E-state index in [9.17, 15) is 9.59 Å². The molecule has 3 N–H and O–H groups in total. The van der Waals surface area contributed by atoms with Gasteiger partial charge in [-0.2, -0.15) is 0 Å². The lowest BCUT2D eigenvalue weighted by atomic mass is 9.98. The van der Waals surface area contributed by atoms with Gasteiger partial charge in [0.15, 0.2) is 0 Å². The Hall–Kier alpha value is -3.44. The average Bonchev–Trinajstić information content (AvgIpc) is 3.60. The fourth-order valence-electron chi connectivity index (χ4n) is 3.50. The topological polar surface area (TPSA) is 70.2 Å². The van der Waals surface area contributed by atoms with E-state index in [1.165, 1.54) is 5.56 Å². The Kier molecular flexibility index (Phi) is 6.43. The normalized spacial score (nSPS) is 14.0. The lowest BCUT2D eigenvalue weighted by molar-refractivity contribution is -0.115. The van der Waals surface area contributed by atoms with Crippen molar-refractivity contribution in [2.45, 2.75) is 31.8 Å². The van der Waals surface area contributed by atoms with Crippen LogP contribution in [0.4, 0.5) is 5.69 Å². The molecule has 0 aromatic heterocycles. The number of anilines is 1. The SMILES string of the molecule is Cc1ccc([C@@H](NCC(=O)Nc2ccccc2C(=O)NC2CC2)c2ccccc2)cc1. The first-order chi connectivity index (χ1) is 15.1. The number of nitrogens with one attached hydrogen (secondary N) is 3. The van der Waals surface area contributed by atoms with Crippen LogP contribution in [0.5, 0.6) is 0 Å². The van der Waals surface area contributed by atoms with E-state index in [2.05, 4.69) is 47.1 Å². The third-order valence-corrected chi connectivity index (χ3v) is 5.37. The molecular formula is C26H27N3O2. The fourth-order valence-corrected chi connectivity index (χ4v) is 3.50. The maximum absolute atomic E-state index is 12.7. The van der Waals surface area contributed by atoms with Crippen LogP contribution in [0.15, 0.2) is 78.9 Å². The first-order valence-corrected chi connectivity index (χ1v) is 10.6. The van der Waals surface area contributed by atoms with Gasteiger partial charge in [-0.25, -0.2) is 0 Å². The summed E-state index contributed by atoms with van der Waals surface area (Å²) in [5.74, 6) is -0.340. The standard InChI is InChI=1S/C26H27N3O2/c1-18-11-13-20(14-12-18)25(19-7-3-2-4-8-19)27-17-24(30)29-23-10-6-5-9-22(23)26(31)28-21-15-16-21/h2-14,21,25,27H,15-17H2,1H3,(H,28,31)(H,29,30)/t25-/m0/s1. The first kappa shape index (κ1) is 20.8. The first-order valence-electron chi connectivity index (χ1n) is 10.6. The number of rotatable bonds is 8. The third kappa shape index (κ3) is 5.58. The second-order valence-corrected chi connectivity index (χ2v) is 7.98. The van der Waals surface area contributed by atoms with Crippen LogP contribution in [0.1, 0.15) is 45.9 Å². The van der Waals surface area contributed by atoms with E-state index in [0.717, 1.165) is 24.0 Å². The number of hydrogen-bond acceptors (Lipinski definition) is 3. The van der Waals surface area contributed by atoms with E-state index in [1.807, 2.05) is 36.4 Å². The summed E-state index contributed by atoms with van der Waals surface area (Å²) in [6.45, 7) is 2.17. The Morgan fingerprint density at radius 1 is 0.871 bits per heavy atom. The van der Waals surface area contributed by atoms with E-state index < -0.39 is 0 Å². The van der Waals surface area contributed by atoms with E-state index in [1.54, 1.807) is 18.2 Å². The number of aryl methyl sites for hydroxylation is 1. The number of carbonyl (C=O) groups is 2. The van der Waals surface area contributed by atoms with Gasteiger partial charge in [0.2, 0.25) is 5.91 Å². The van der Waals surface area contributed by atoms with Crippen LogP contribution in [0.25, 0.3) is 0 Å². The molecule has 1 atom stereocenters. The largest absolute Gasteiger partial charge is 0.349 e. The van der Waals surface area contributed by atoms with E-state index >= 15 is 0 Å². The van der Waals surface area contributed by atoms with Gasteiger partial charge in [-0.3, -0.25) is 14.9 Å². The van der Waals surface area contributed by atoms with Gasteiger partial charge in [0, 0.05) is 6.04 Å². The highest BCUT2D eigenvalue weighted by Gasteiger charge is 2.25. The predicted octanol–water partition coefficient (Wildman–Crippen LogP) is 4.20. The minimum absolute atomic E-state index is 0.110. The average molecular weight is 414 g/mol. The molecule has 1 fully saturated rings. The quantitative estimate of drug-likeness (QED) is 0.518. The van der Waals surface area contributed by atoms with Gasteiger partial charge < -0.3 is 10.6 Å². The highest BCUT2D eigenvalue weighted by atomic mass is 16.2. The van der Waals surface area contributed by atoms with Gasteiger partial charge in [-0.15, -0.1) is 0 Å². The molecule has 0 spiro atoms. The van der Waals surface area contributed by atoms with Crippen molar-refractivity contribution >= 4 is 17.5 Å². The molecule has 3 aromatic rings. The number of carbonyl (C=O) groups excluding carboxylic acids is 2. The van der Waals surface area contributed by atoms with Crippen molar-refractivity contribution in [1.29, 1.82) is 0 Å². The van der Waals surface area contributed by atoms with Gasteiger partial charge in [0.25, 0.3) is 5.91 Å². The molecule has 158 valence electrons. The zero-order valence-corrected chi connectivity index (χ0v) is 17.6. The number of amides is 2. The summed E-state index contributed by atoms with van der Waals surface area (Å²) in [4.78, 5) is 25.2. The molecule has 0 saturated heterocycles. The van der Waals surface area contributed by atoms with Gasteiger partial charge in [0.1, 0.15) is 0 Å². The lowest BCUT2D eigenvalue weighted by Gasteiger charge is -2.20. The smallest absolute Gasteiger partial charge is 0.253 e. The monoisotopic (exact) mass is 413 g/mol. The maximum atomic E-state index is 12.7. The Morgan fingerprint density at radius 2 is 1.52 bits per heavy atom. The molecule has 0 heterocycles. The maximum Gasteiger partial charge on any atom is 0.253 e. The van der Waals surface area contributed by atoms with Crippen LogP contribution in [0.2, 0.25) is 0 Å². The molecule has 3 aromatic carbocycles. The van der Waals surface area contributed by atoms with Crippen molar-refractivity contribution in [3.05, 3.63) is 101 Å². The second kappa shape index (κ2) is 9.58. The highest BCUT2D eigenvalue weighted by Crippen LogP contribution is 2.23. The molecular weight excluding hydrogens is 386 g/mol. The lowest BCUT2D eigenvalue weighted by Crippen LogP contribution is -2.33. The van der Waals surface area contributed by atoms with Crippen LogP contribution < -0.4 is 16.0 Å². The summed E-state index contributed by atoms with van der Waals surface area (Å²) in [6, 6.07) is 25.6. The predicted molar refractivity (Wildman–Crippen MR) is 123 cm³/mol. The minimum atomic E-state index is -0.195. The van der Waals surface area contributed by atoms with Crippen LogP contribution >= 0.6 is 0 Å². The zero-order chi connectivity index (χ0) is 21.6. The molecule has 5 heteroatoms. The molecule has 0 bridgehead atoms. The van der Waals surface area contributed by atoms with Crippen molar-refractivity contribution in [1.82, 2.24) is 10.6 Å². The van der Waals surface area contributed by atoms with Crippen molar-refractivity contribution in [3.63, 3.8) is 0 Å². The van der Waals surface area contributed by atoms with Crippen molar-refractivity contribution < 1.29 is 9.59 Å². The Morgan fingerprint density at radius 3 is 2.23 bits per heavy atom. The summed E-state index contributed by atoms with van der Waals surface area (Å²) >= 11 is 0.